The average molecular weight is 353 g/mol. The van der Waals surface area contributed by atoms with Gasteiger partial charge in [0.15, 0.2) is 0 Å². The molecule has 1 atom stereocenters. The second-order valence-corrected chi connectivity index (χ2v) is 6.65. The fraction of sp³-hybridized carbons (Fsp3) is 0.368. The average Bonchev–Trinajstić information content (AvgIpc) is 2.61. The Morgan fingerprint density at radius 1 is 1.19 bits per heavy atom. The molecule has 0 bridgehead atoms. The molecule has 2 N–H and O–H groups in total. The van der Waals surface area contributed by atoms with Crippen molar-refractivity contribution in [3.05, 3.63) is 42.2 Å². The minimum absolute atomic E-state index is 0.162. The largest absolute Gasteiger partial charge is 0.341 e. The maximum absolute atomic E-state index is 12.5. The molecule has 1 aromatic heterocycles. The van der Waals surface area contributed by atoms with E-state index in [-0.39, 0.29) is 11.8 Å². The number of hydrogen-bond donors (Lipinski definition) is 2. The van der Waals surface area contributed by atoms with Gasteiger partial charge in [0.25, 0.3) is 5.91 Å². The van der Waals surface area contributed by atoms with Gasteiger partial charge in [-0.15, -0.1) is 0 Å². The summed E-state index contributed by atoms with van der Waals surface area (Å²) < 4.78 is 0. The molecule has 1 unspecified atom stereocenters. The van der Waals surface area contributed by atoms with E-state index in [0.29, 0.717) is 28.9 Å². The van der Waals surface area contributed by atoms with E-state index in [0.717, 1.165) is 19.5 Å². The van der Waals surface area contributed by atoms with Crippen molar-refractivity contribution < 1.29 is 9.59 Å². The summed E-state index contributed by atoms with van der Waals surface area (Å²) in [7, 11) is 0. The molecule has 2 amide bonds. The molecule has 136 valence electrons. The van der Waals surface area contributed by atoms with E-state index < -0.39 is 0 Å². The van der Waals surface area contributed by atoms with Crippen LogP contribution in [0.1, 0.15) is 37.2 Å². The number of piperidine rings is 1. The minimum atomic E-state index is -0.307. The molecule has 1 aromatic carbocycles. The van der Waals surface area contributed by atoms with Crippen molar-refractivity contribution in [2.45, 2.75) is 26.7 Å². The lowest BCUT2D eigenvalue weighted by Gasteiger charge is -2.30. The molecule has 1 aliphatic rings. The summed E-state index contributed by atoms with van der Waals surface area (Å²) >= 11 is 0. The first-order chi connectivity index (χ1) is 12.5. The van der Waals surface area contributed by atoms with Crippen LogP contribution in [-0.4, -0.2) is 34.9 Å². The Labute approximate surface area is 152 Å². The number of anilines is 3. The van der Waals surface area contributed by atoms with Gasteiger partial charge in [-0.1, -0.05) is 13.0 Å². The number of benzene rings is 1. The Hall–Kier alpha value is -2.96. The summed E-state index contributed by atoms with van der Waals surface area (Å²) in [5.41, 5.74) is 1.53. The van der Waals surface area contributed by atoms with Crippen molar-refractivity contribution in [1.82, 2.24) is 9.97 Å². The third-order valence-corrected chi connectivity index (χ3v) is 4.26. The molecule has 0 radical (unpaired) electrons. The highest BCUT2D eigenvalue weighted by atomic mass is 16.2. The summed E-state index contributed by atoms with van der Waals surface area (Å²) in [5.74, 6) is 0.723. The molecule has 7 nitrogen and oxygen atoms in total. The van der Waals surface area contributed by atoms with Gasteiger partial charge in [-0.05, 0) is 43.0 Å². The van der Waals surface area contributed by atoms with Gasteiger partial charge in [0, 0.05) is 37.6 Å². The fourth-order valence-electron chi connectivity index (χ4n) is 3.07. The van der Waals surface area contributed by atoms with E-state index in [1.54, 1.807) is 36.5 Å². The van der Waals surface area contributed by atoms with Gasteiger partial charge in [-0.25, -0.2) is 9.97 Å². The van der Waals surface area contributed by atoms with Crippen molar-refractivity contribution in [2.75, 3.05) is 28.6 Å². The van der Waals surface area contributed by atoms with Crippen molar-refractivity contribution in [3.63, 3.8) is 0 Å². The number of carbonyl (C=O) groups is 2. The zero-order chi connectivity index (χ0) is 18.5. The van der Waals surface area contributed by atoms with Crippen molar-refractivity contribution >= 4 is 29.1 Å². The Balaban J connectivity index is 1.72. The first kappa shape index (κ1) is 17.8. The maximum atomic E-state index is 12.5. The van der Waals surface area contributed by atoms with Crippen LogP contribution in [0, 0.1) is 5.92 Å². The van der Waals surface area contributed by atoms with Crippen molar-refractivity contribution in [2.24, 2.45) is 5.92 Å². The lowest BCUT2D eigenvalue weighted by molar-refractivity contribution is -0.114. The summed E-state index contributed by atoms with van der Waals surface area (Å²) in [6, 6.07) is 8.59. The van der Waals surface area contributed by atoms with E-state index in [1.807, 2.05) is 0 Å². The molecule has 0 aliphatic carbocycles. The Morgan fingerprint density at radius 3 is 2.69 bits per heavy atom. The molecule has 2 aromatic rings. The Bertz CT molecular complexity index is 808. The van der Waals surface area contributed by atoms with Crippen LogP contribution in [0.3, 0.4) is 0 Å². The highest BCUT2D eigenvalue weighted by Crippen LogP contribution is 2.20. The predicted octanol–water partition coefficient (Wildman–Crippen LogP) is 2.92. The summed E-state index contributed by atoms with van der Waals surface area (Å²) in [5, 5.41) is 5.50. The van der Waals surface area contributed by atoms with Crippen LogP contribution < -0.4 is 15.5 Å². The summed E-state index contributed by atoms with van der Waals surface area (Å²) in [6.07, 6.45) is 3.93. The quantitative estimate of drug-likeness (QED) is 0.882. The Morgan fingerprint density at radius 2 is 1.96 bits per heavy atom. The second-order valence-electron chi connectivity index (χ2n) is 6.65. The molecule has 1 saturated heterocycles. The summed E-state index contributed by atoms with van der Waals surface area (Å²) in [6.45, 7) is 5.47. The molecule has 7 heteroatoms. The first-order valence-electron chi connectivity index (χ1n) is 8.78. The lowest BCUT2D eigenvalue weighted by atomic mass is 10.0. The van der Waals surface area contributed by atoms with E-state index >= 15 is 0 Å². The van der Waals surface area contributed by atoms with Crippen LogP contribution in [-0.2, 0) is 4.79 Å². The van der Waals surface area contributed by atoms with Gasteiger partial charge in [0.05, 0.1) is 0 Å². The smallest absolute Gasteiger partial charge is 0.274 e. The molecule has 26 heavy (non-hydrogen) atoms. The zero-order valence-electron chi connectivity index (χ0n) is 15.0. The van der Waals surface area contributed by atoms with Crippen LogP contribution in [0.5, 0.6) is 0 Å². The fourth-order valence-corrected chi connectivity index (χ4v) is 3.07. The maximum Gasteiger partial charge on any atom is 0.274 e. The van der Waals surface area contributed by atoms with Gasteiger partial charge >= 0.3 is 0 Å². The number of nitrogens with one attached hydrogen (secondary N) is 2. The van der Waals surface area contributed by atoms with Crippen LogP contribution >= 0.6 is 0 Å². The minimum Gasteiger partial charge on any atom is -0.341 e. The van der Waals surface area contributed by atoms with E-state index in [1.165, 1.54) is 13.3 Å². The van der Waals surface area contributed by atoms with Gasteiger partial charge in [-0.3, -0.25) is 9.59 Å². The van der Waals surface area contributed by atoms with Gasteiger partial charge < -0.3 is 15.5 Å². The van der Waals surface area contributed by atoms with Gasteiger partial charge in [0.2, 0.25) is 11.9 Å². The molecule has 3 rings (SSSR count). The highest BCUT2D eigenvalue weighted by Gasteiger charge is 2.19. The number of hydrogen-bond acceptors (Lipinski definition) is 5. The highest BCUT2D eigenvalue weighted by molar-refractivity contribution is 6.03. The molecule has 0 spiro atoms. The number of amides is 2. The molecular weight excluding hydrogens is 330 g/mol. The normalized spacial score (nSPS) is 16.8. The van der Waals surface area contributed by atoms with Crippen molar-refractivity contribution in [3.8, 4) is 0 Å². The molecule has 1 aliphatic heterocycles. The molecule has 1 fully saturated rings. The van der Waals surface area contributed by atoms with Gasteiger partial charge in [-0.2, -0.15) is 0 Å². The van der Waals surface area contributed by atoms with Crippen LogP contribution in [0.15, 0.2) is 36.5 Å². The van der Waals surface area contributed by atoms with Crippen LogP contribution in [0.25, 0.3) is 0 Å². The second kappa shape index (κ2) is 7.95. The third kappa shape index (κ3) is 4.56. The van der Waals surface area contributed by atoms with Crippen LogP contribution in [0.2, 0.25) is 0 Å². The molecule has 0 saturated carbocycles. The van der Waals surface area contributed by atoms with Crippen LogP contribution in [0.4, 0.5) is 17.3 Å². The third-order valence-electron chi connectivity index (χ3n) is 4.26. The molecule has 2 heterocycles. The first-order valence-corrected chi connectivity index (χ1v) is 8.78. The molecular formula is C19H23N5O2. The SMILES string of the molecule is CC(=O)Nc1cccc(NC(=O)c2ccnc(N3CCCC(C)C3)n2)c1. The summed E-state index contributed by atoms with van der Waals surface area (Å²) in [4.78, 5) is 34.6. The zero-order valence-corrected chi connectivity index (χ0v) is 15.0. The number of carbonyl (C=O) groups excluding carboxylic acids is 2. The van der Waals surface area contributed by atoms with E-state index in [2.05, 4.69) is 32.4 Å². The Kier molecular flexibility index (Phi) is 5.46. The number of rotatable bonds is 4. The van der Waals surface area contributed by atoms with Crippen molar-refractivity contribution in [1.29, 1.82) is 0 Å². The number of nitrogens with zero attached hydrogens (tertiary/aromatic N) is 3. The van der Waals surface area contributed by atoms with E-state index in [9.17, 15) is 9.59 Å². The van der Waals surface area contributed by atoms with E-state index in [4.69, 9.17) is 0 Å². The predicted molar refractivity (Wildman–Crippen MR) is 101 cm³/mol. The number of aromatic nitrogens is 2. The topological polar surface area (TPSA) is 87.2 Å². The lowest BCUT2D eigenvalue weighted by Crippen LogP contribution is -2.35. The standard InChI is InChI=1S/C19H23N5O2/c1-13-5-4-10-24(12-13)19-20-9-8-17(23-19)18(26)22-16-7-3-6-15(11-16)21-14(2)25/h3,6-9,11,13H,4-5,10,12H2,1-2H3,(H,21,25)(H,22,26). The van der Waals surface area contributed by atoms with Gasteiger partial charge in [0.1, 0.15) is 5.69 Å². The monoisotopic (exact) mass is 353 g/mol.